The topological polar surface area (TPSA) is 75.7 Å². The van der Waals surface area contributed by atoms with Gasteiger partial charge in [0.2, 0.25) is 0 Å². The summed E-state index contributed by atoms with van der Waals surface area (Å²) in [6.07, 6.45) is 0. The Kier molecular flexibility index (Phi) is 6.74. The third-order valence-electron chi connectivity index (χ3n) is 4.46. The van der Waals surface area contributed by atoms with E-state index in [9.17, 15) is 13.2 Å². The molecule has 30 heavy (non-hydrogen) atoms. The number of carbonyl (C=O) groups excluding carboxylic acids is 1. The van der Waals surface area contributed by atoms with Gasteiger partial charge >= 0.3 is 0 Å². The molecule has 7 heteroatoms. The van der Waals surface area contributed by atoms with E-state index in [0.29, 0.717) is 30.2 Å². The van der Waals surface area contributed by atoms with Gasteiger partial charge < -0.3 is 9.64 Å². The minimum Gasteiger partial charge on any atom is -0.494 e. The molecule has 0 heterocycles. The molecule has 0 radical (unpaired) electrons. The largest absolute Gasteiger partial charge is 0.494 e. The van der Waals surface area contributed by atoms with E-state index in [-0.39, 0.29) is 10.8 Å². The molecule has 156 valence electrons. The van der Waals surface area contributed by atoms with Gasteiger partial charge in [0.15, 0.2) is 0 Å². The van der Waals surface area contributed by atoms with Crippen LogP contribution in [-0.2, 0) is 10.0 Å². The van der Waals surface area contributed by atoms with E-state index >= 15 is 0 Å². The highest BCUT2D eigenvalue weighted by atomic mass is 32.2. The van der Waals surface area contributed by atoms with Crippen LogP contribution in [0.5, 0.6) is 5.75 Å². The number of rotatable bonds is 8. The summed E-state index contributed by atoms with van der Waals surface area (Å²) in [7, 11) is -3.77. The van der Waals surface area contributed by atoms with Gasteiger partial charge in [-0.1, -0.05) is 18.2 Å². The molecule has 0 fully saturated rings. The molecule has 0 aromatic heterocycles. The predicted molar refractivity (Wildman–Crippen MR) is 119 cm³/mol. The standard InChI is InChI=1S/C23H24N2O4S/c1-3-25(20-8-6-5-7-9-20)23(26)18-10-16-22(17-11-18)30(27,28)24-19-12-14-21(15-13-19)29-4-2/h5-17,24H,3-4H2,1-2H3. The number of carbonyl (C=O) groups is 1. The van der Waals surface area contributed by atoms with Crippen LogP contribution in [0.2, 0.25) is 0 Å². The van der Waals surface area contributed by atoms with E-state index in [1.165, 1.54) is 24.3 Å². The molecule has 0 aliphatic carbocycles. The first kappa shape index (κ1) is 21.4. The maximum atomic E-state index is 12.9. The van der Waals surface area contributed by atoms with Crippen LogP contribution in [0.1, 0.15) is 24.2 Å². The van der Waals surface area contributed by atoms with Crippen molar-refractivity contribution in [1.82, 2.24) is 0 Å². The Bertz CT molecular complexity index is 1080. The Hall–Kier alpha value is -3.32. The molecule has 0 aliphatic rings. The summed E-state index contributed by atoms with van der Waals surface area (Å²) in [6, 6.07) is 22.0. The molecule has 0 aliphatic heterocycles. The van der Waals surface area contributed by atoms with Gasteiger partial charge in [-0.25, -0.2) is 8.42 Å². The van der Waals surface area contributed by atoms with Gasteiger partial charge in [-0.15, -0.1) is 0 Å². The maximum Gasteiger partial charge on any atom is 0.261 e. The lowest BCUT2D eigenvalue weighted by atomic mass is 10.2. The lowest BCUT2D eigenvalue weighted by Crippen LogP contribution is -2.30. The van der Waals surface area contributed by atoms with Crippen molar-refractivity contribution in [2.24, 2.45) is 0 Å². The van der Waals surface area contributed by atoms with Crippen molar-refractivity contribution in [1.29, 1.82) is 0 Å². The van der Waals surface area contributed by atoms with Gasteiger partial charge in [-0.3, -0.25) is 9.52 Å². The summed E-state index contributed by atoms with van der Waals surface area (Å²) in [5.41, 5.74) is 1.64. The van der Waals surface area contributed by atoms with Crippen molar-refractivity contribution >= 4 is 27.3 Å². The third-order valence-corrected chi connectivity index (χ3v) is 5.86. The zero-order valence-corrected chi connectivity index (χ0v) is 17.7. The molecular weight excluding hydrogens is 400 g/mol. The van der Waals surface area contributed by atoms with E-state index < -0.39 is 10.0 Å². The minimum atomic E-state index is -3.77. The Balaban J connectivity index is 1.76. The second kappa shape index (κ2) is 9.45. The number of para-hydroxylation sites is 1. The summed E-state index contributed by atoms with van der Waals surface area (Å²) >= 11 is 0. The number of hydrogen-bond donors (Lipinski definition) is 1. The number of benzene rings is 3. The fourth-order valence-electron chi connectivity index (χ4n) is 2.98. The number of nitrogens with one attached hydrogen (secondary N) is 1. The van der Waals surface area contributed by atoms with Gasteiger partial charge in [0, 0.05) is 23.5 Å². The molecule has 1 N–H and O–H groups in total. The number of hydrogen-bond acceptors (Lipinski definition) is 4. The van der Waals surface area contributed by atoms with Crippen LogP contribution < -0.4 is 14.4 Å². The van der Waals surface area contributed by atoms with Crippen LogP contribution in [0.25, 0.3) is 0 Å². The van der Waals surface area contributed by atoms with Gasteiger partial charge in [-0.2, -0.15) is 0 Å². The van der Waals surface area contributed by atoms with Gasteiger partial charge in [0.05, 0.1) is 11.5 Å². The average molecular weight is 425 g/mol. The van der Waals surface area contributed by atoms with Gasteiger partial charge in [-0.05, 0) is 74.5 Å². The molecule has 3 aromatic rings. The first-order chi connectivity index (χ1) is 14.4. The molecule has 0 saturated carbocycles. The lowest BCUT2D eigenvalue weighted by molar-refractivity contribution is 0.0988. The van der Waals surface area contributed by atoms with E-state index in [1.54, 1.807) is 29.2 Å². The lowest BCUT2D eigenvalue weighted by Gasteiger charge is -2.21. The van der Waals surface area contributed by atoms with Crippen LogP contribution in [0.15, 0.2) is 83.8 Å². The summed E-state index contributed by atoms with van der Waals surface area (Å²) < 4.78 is 33.2. The zero-order chi connectivity index (χ0) is 21.6. The number of anilines is 2. The van der Waals surface area contributed by atoms with Crippen molar-refractivity contribution in [3.8, 4) is 5.75 Å². The van der Waals surface area contributed by atoms with Crippen LogP contribution in [-0.4, -0.2) is 27.5 Å². The van der Waals surface area contributed by atoms with Gasteiger partial charge in [0.1, 0.15) is 5.75 Å². The number of sulfonamides is 1. The molecule has 0 saturated heterocycles. The fourth-order valence-corrected chi connectivity index (χ4v) is 4.04. The van der Waals surface area contributed by atoms with Crippen LogP contribution >= 0.6 is 0 Å². The number of ether oxygens (including phenoxy) is 1. The normalized spacial score (nSPS) is 11.0. The molecule has 1 amide bonds. The Morgan fingerprint density at radius 2 is 1.53 bits per heavy atom. The highest BCUT2D eigenvalue weighted by molar-refractivity contribution is 7.92. The number of nitrogens with zero attached hydrogens (tertiary/aromatic N) is 1. The average Bonchev–Trinajstić information content (AvgIpc) is 2.76. The van der Waals surface area contributed by atoms with Crippen molar-refractivity contribution in [2.45, 2.75) is 18.7 Å². The molecule has 0 atom stereocenters. The first-order valence-corrected chi connectivity index (χ1v) is 11.2. The fraction of sp³-hybridized carbons (Fsp3) is 0.174. The van der Waals surface area contributed by atoms with Crippen molar-refractivity contribution in [3.63, 3.8) is 0 Å². The van der Waals surface area contributed by atoms with Crippen LogP contribution in [0, 0.1) is 0 Å². The quantitative estimate of drug-likeness (QED) is 0.575. The molecule has 3 rings (SSSR count). The maximum absolute atomic E-state index is 12.9. The summed E-state index contributed by atoms with van der Waals surface area (Å²) in [4.78, 5) is 14.6. The van der Waals surface area contributed by atoms with E-state index in [4.69, 9.17) is 4.74 Å². The molecule has 0 unspecified atom stereocenters. The highest BCUT2D eigenvalue weighted by Crippen LogP contribution is 2.21. The molecule has 0 spiro atoms. The van der Waals surface area contributed by atoms with E-state index in [0.717, 1.165) is 5.69 Å². The highest BCUT2D eigenvalue weighted by Gasteiger charge is 2.18. The van der Waals surface area contributed by atoms with E-state index in [1.807, 2.05) is 44.2 Å². The van der Waals surface area contributed by atoms with Crippen molar-refractivity contribution < 1.29 is 17.9 Å². The third kappa shape index (κ3) is 4.99. The zero-order valence-electron chi connectivity index (χ0n) is 16.9. The monoisotopic (exact) mass is 424 g/mol. The first-order valence-electron chi connectivity index (χ1n) is 9.67. The second-order valence-electron chi connectivity index (χ2n) is 6.47. The molecule has 3 aromatic carbocycles. The molecule has 6 nitrogen and oxygen atoms in total. The summed E-state index contributed by atoms with van der Waals surface area (Å²) in [5, 5.41) is 0. The van der Waals surface area contributed by atoms with Crippen molar-refractivity contribution in [3.05, 3.63) is 84.4 Å². The SMILES string of the molecule is CCOc1ccc(NS(=O)(=O)c2ccc(C(=O)N(CC)c3ccccc3)cc2)cc1. The summed E-state index contributed by atoms with van der Waals surface area (Å²) in [6.45, 7) is 4.81. The summed E-state index contributed by atoms with van der Waals surface area (Å²) in [5.74, 6) is 0.481. The van der Waals surface area contributed by atoms with Crippen molar-refractivity contribution in [2.75, 3.05) is 22.8 Å². The van der Waals surface area contributed by atoms with Gasteiger partial charge in [0.25, 0.3) is 15.9 Å². The Labute approximate surface area is 177 Å². The second-order valence-corrected chi connectivity index (χ2v) is 8.15. The van der Waals surface area contributed by atoms with Crippen LogP contribution in [0.3, 0.4) is 0 Å². The van der Waals surface area contributed by atoms with E-state index in [2.05, 4.69) is 4.72 Å². The Morgan fingerprint density at radius 1 is 0.900 bits per heavy atom. The van der Waals surface area contributed by atoms with Crippen LogP contribution in [0.4, 0.5) is 11.4 Å². The minimum absolute atomic E-state index is 0.0793. The number of amides is 1. The predicted octanol–water partition coefficient (Wildman–Crippen LogP) is 4.55. The molecular formula is C23H24N2O4S. The Morgan fingerprint density at radius 3 is 2.10 bits per heavy atom. The smallest absolute Gasteiger partial charge is 0.261 e. The molecule has 0 bridgehead atoms.